The summed E-state index contributed by atoms with van der Waals surface area (Å²) < 4.78 is 21.5. The van der Waals surface area contributed by atoms with Gasteiger partial charge in [0.05, 0.1) is 30.3 Å². The molecule has 0 aliphatic carbocycles. The van der Waals surface area contributed by atoms with E-state index in [0.717, 1.165) is 4.90 Å². The Labute approximate surface area is 197 Å². The number of aromatic nitrogens is 4. The van der Waals surface area contributed by atoms with E-state index in [9.17, 15) is 19.3 Å². The normalized spacial score (nSPS) is 19.2. The average molecular weight is 506 g/mol. The second kappa shape index (κ2) is 10.3. The van der Waals surface area contributed by atoms with Crippen LogP contribution in [0.1, 0.15) is 31.5 Å². The van der Waals surface area contributed by atoms with E-state index in [-0.39, 0.29) is 59.7 Å². The van der Waals surface area contributed by atoms with E-state index in [1.807, 2.05) is 6.92 Å². The van der Waals surface area contributed by atoms with Crippen LogP contribution in [-0.2, 0) is 0 Å². The van der Waals surface area contributed by atoms with Gasteiger partial charge in [0.2, 0.25) is 5.28 Å². The van der Waals surface area contributed by atoms with E-state index in [1.54, 1.807) is 0 Å². The predicted octanol–water partition coefficient (Wildman–Crippen LogP) is 3.73. The standard InChI is InChI=1S/C18H22Cl2FN7O5/c1-9(23-15-11(19)7-22-17(20)24-15)4-6-33-16-14(28(31)32)10(2)27(25-16)13-3-5-26(18(29)30)8-12(13)21/h7,9,12-13H,3-6,8H2,1-2H3,(H,29,30)(H,22,23,24). The van der Waals surface area contributed by atoms with Crippen LogP contribution in [0, 0.1) is 17.0 Å². The van der Waals surface area contributed by atoms with Crippen LogP contribution in [-0.4, -0.2) is 72.7 Å². The first kappa shape index (κ1) is 24.7. The maximum Gasteiger partial charge on any atom is 0.407 e. The number of nitrogens with one attached hydrogen (secondary N) is 1. The molecule has 0 aromatic carbocycles. The number of hydrogen-bond acceptors (Lipinski definition) is 8. The van der Waals surface area contributed by atoms with Gasteiger partial charge in [-0.25, -0.2) is 14.2 Å². The summed E-state index contributed by atoms with van der Waals surface area (Å²) >= 11 is 11.8. The van der Waals surface area contributed by atoms with Crippen LogP contribution >= 0.6 is 23.2 Å². The third kappa shape index (κ3) is 5.71. The fourth-order valence-electron chi connectivity index (χ4n) is 3.54. The van der Waals surface area contributed by atoms with Gasteiger partial charge in [0.15, 0.2) is 0 Å². The van der Waals surface area contributed by atoms with Gasteiger partial charge >= 0.3 is 17.7 Å². The molecule has 3 heterocycles. The number of ether oxygens (including phenoxy) is 1. The molecular weight excluding hydrogens is 484 g/mol. The van der Waals surface area contributed by atoms with Gasteiger partial charge in [-0.3, -0.25) is 14.8 Å². The van der Waals surface area contributed by atoms with Crippen molar-refractivity contribution in [2.45, 2.75) is 44.9 Å². The Hall–Kier alpha value is -2.93. The SMILES string of the molecule is Cc1c([N+](=O)[O-])c(OCCC(C)Nc2nc(Cl)ncc2Cl)nn1C1CCN(C(=O)O)CC1F. The minimum absolute atomic E-state index is 0.0299. The summed E-state index contributed by atoms with van der Waals surface area (Å²) in [4.78, 5) is 30.8. The smallest absolute Gasteiger partial charge is 0.407 e. The maximum atomic E-state index is 14.7. The Bertz CT molecular complexity index is 1040. The third-order valence-corrected chi connectivity index (χ3v) is 5.71. The molecule has 2 N–H and O–H groups in total. The number of anilines is 1. The molecule has 1 aliphatic heterocycles. The van der Waals surface area contributed by atoms with Crippen molar-refractivity contribution in [2.75, 3.05) is 25.0 Å². The average Bonchev–Trinajstić information content (AvgIpc) is 3.06. The van der Waals surface area contributed by atoms with Crippen molar-refractivity contribution in [3.05, 3.63) is 32.3 Å². The molecule has 12 nitrogen and oxygen atoms in total. The molecule has 1 saturated heterocycles. The second-order valence-corrected chi connectivity index (χ2v) is 8.30. The zero-order valence-electron chi connectivity index (χ0n) is 17.7. The molecule has 2 aromatic rings. The van der Waals surface area contributed by atoms with Gasteiger partial charge in [0, 0.05) is 19.0 Å². The zero-order valence-corrected chi connectivity index (χ0v) is 19.3. The Morgan fingerprint density at radius 1 is 1.52 bits per heavy atom. The minimum atomic E-state index is -1.56. The topological polar surface area (TPSA) is 149 Å². The number of rotatable bonds is 8. The summed E-state index contributed by atoms with van der Waals surface area (Å²) in [6, 6.07) is -1.02. The van der Waals surface area contributed by atoms with Gasteiger partial charge in [0.25, 0.3) is 0 Å². The predicted molar refractivity (Wildman–Crippen MR) is 117 cm³/mol. The summed E-state index contributed by atoms with van der Waals surface area (Å²) in [7, 11) is 0. The number of nitro groups is 1. The maximum absolute atomic E-state index is 14.7. The van der Waals surface area contributed by atoms with Crippen LogP contribution < -0.4 is 10.1 Å². The number of amides is 1. The van der Waals surface area contributed by atoms with Crippen LogP contribution in [0.15, 0.2) is 6.20 Å². The third-order valence-electron chi connectivity index (χ3n) is 5.25. The van der Waals surface area contributed by atoms with E-state index in [0.29, 0.717) is 12.2 Å². The quantitative estimate of drug-likeness (QED) is 0.310. The fourth-order valence-corrected chi connectivity index (χ4v) is 3.82. The molecule has 180 valence electrons. The molecule has 0 saturated carbocycles. The van der Waals surface area contributed by atoms with E-state index in [4.69, 9.17) is 33.0 Å². The number of carboxylic acid groups (broad SMARTS) is 1. The molecule has 1 aliphatic rings. The number of nitrogens with zero attached hydrogens (tertiary/aromatic N) is 6. The molecule has 0 bridgehead atoms. The molecular formula is C18H22Cl2FN7O5. The number of piperidine rings is 1. The highest BCUT2D eigenvalue weighted by Crippen LogP contribution is 2.35. The molecule has 3 rings (SSSR count). The van der Waals surface area contributed by atoms with E-state index >= 15 is 0 Å². The number of carbonyl (C=O) groups is 1. The van der Waals surface area contributed by atoms with E-state index < -0.39 is 23.2 Å². The first-order valence-corrected chi connectivity index (χ1v) is 10.8. The van der Waals surface area contributed by atoms with Crippen molar-refractivity contribution in [2.24, 2.45) is 0 Å². The number of likely N-dealkylation sites (tertiary alicyclic amines) is 1. The van der Waals surface area contributed by atoms with Gasteiger partial charge in [-0.05, 0) is 31.9 Å². The van der Waals surface area contributed by atoms with Gasteiger partial charge in [-0.1, -0.05) is 11.6 Å². The van der Waals surface area contributed by atoms with E-state index in [1.165, 1.54) is 17.8 Å². The van der Waals surface area contributed by atoms with Crippen molar-refractivity contribution in [1.82, 2.24) is 24.6 Å². The van der Waals surface area contributed by atoms with Crippen molar-refractivity contribution >= 4 is 40.8 Å². The van der Waals surface area contributed by atoms with Crippen molar-refractivity contribution in [3.63, 3.8) is 0 Å². The van der Waals surface area contributed by atoms with Crippen LogP contribution in [0.3, 0.4) is 0 Å². The minimum Gasteiger partial charge on any atom is -0.472 e. The molecule has 2 aromatic heterocycles. The molecule has 1 fully saturated rings. The highest BCUT2D eigenvalue weighted by Gasteiger charge is 2.37. The lowest BCUT2D eigenvalue weighted by Crippen LogP contribution is -2.45. The summed E-state index contributed by atoms with van der Waals surface area (Å²) in [5, 5.41) is 28.2. The van der Waals surface area contributed by atoms with Gasteiger partial charge in [0.1, 0.15) is 22.7 Å². The van der Waals surface area contributed by atoms with Crippen LogP contribution in [0.25, 0.3) is 0 Å². The molecule has 3 atom stereocenters. The Balaban J connectivity index is 1.67. The molecule has 3 unspecified atom stereocenters. The van der Waals surface area contributed by atoms with Gasteiger partial charge in [-0.2, -0.15) is 4.98 Å². The van der Waals surface area contributed by atoms with Crippen molar-refractivity contribution < 1.29 is 24.0 Å². The Kier molecular flexibility index (Phi) is 7.74. The Morgan fingerprint density at radius 3 is 2.88 bits per heavy atom. The lowest BCUT2D eigenvalue weighted by Gasteiger charge is -2.33. The summed E-state index contributed by atoms with van der Waals surface area (Å²) in [5.74, 6) is 0.123. The fraction of sp³-hybridized carbons (Fsp3) is 0.556. The molecule has 0 radical (unpaired) electrons. The lowest BCUT2D eigenvalue weighted by molar-refractivity contribution is -0.386. The molecule has 15 heteroatoms. The van der Waals surface area contributed by atoms with Gasteiger partial charge < -0.3 is 20.1 Å². The summed E-state index contributed by atoms with van der Waals surface area (Å²) in [5.41, 5.74) is -0.214. The highest BCUT2D eigenvalue weighted by molar-refractivity contribution is 6.33. The first-order chi connectivity index (χ1) is 15.6. The largest absolute Gasteiger partial charge is 0.472 e. The number of halogens is 3. The van der Waals surface area contributed by atoms with Crippen LogP contribution in [0.4, 0.5) is 20.7 Å². The second-order valence-electron chi connectivity index (χ2n) is 7.56. The lowest BCUT2D eigenvalue weighted by atomic mass is 10.0. The molecule has 33 heavy (non-hydrogen) atoms. The Morgan fingerprint density at radius 2 is 2.24 bits per heavy atom. The molecule has 1 amide bonds. The molecule has 0 spiro atoms. The number of alkyl halides is 1. The zero-order chi connectivity index (χ0) is 24.3. The summed E-state index contributed by atoms with van der Waals surface area (Å²) in [6.45, 7) is 3.13. The van der Waals surface area contributed by atoms with Crippen molar-refractivity contribution in [1.29, 1.82) is 0 Å². The first-order valence-electron chi connectivity index (χ1n) is 10.0. The monoisotopic (exact) mass is 505 g/mol. The van der Waals surface area contributed by atoms with Crippen molar-refractivity contribution in [3.8, 4) is 5.88 Å². The number of hydrogen-bond donors (Lipinski definition) is 2. The summed E-state index contributed by atoms with van der Waals surface area (Å²) in [6.07, 6.45) is -0.870. The van der Waals surface area contributed by atoms with Crippen LogP contribution in [0.5, 0.6) is 5.88 Å². The van der Waals surface area contributed by atoms with Gasteiger partial charge in [-0.15, -0.1) is 5.10 Å². The van der Waals surface area contributed by atoms with E-state index in [2.05, 4.69) is 20.4 Å². The van der Waals surface area contributed by atoms with Crippen LogP contribution in [0.2, 0.25) is 10.3 Å². The highest BCUT2D eigenvalue weighted by atomic mass is 35.5.